The van der Waals surface area contributed by atoms with Crippen LogP contribution in [0.1, 0.15) is 11.4 Å². The maximum absolute atomic E-state index is 8.63. The zero-order valence-corrected chi connectivity index (χ0v) is 8.85. The Labute approximate surface area is 97.2 Å². The molecule has 0 atom stereocenters. The van der Waals surface area contributed by atoms with Crippen molar-refractivity contribution in [2.75, 3.05) is 0 Å². The van der Waals surface area contributed by atoms with Gasteiger partial charge in [-0.05, 0) is 29.5 Å². The minimum absolute atomic E-state index is 0.241. The van der Waals surface area contributed by atoms with E-state index in [1.807, 2.05) is 6.07 Å². The summed E-state index contributed by atoms with van der Waals surface area (Å²) in [6.07, 6.45) is 1.42. The van der Waals surface area contributed by atoms with Crippen LogP contribution in [0.5, 0.6) is 0 Å². The molecular formula is C10H9N7. The molecule has 1 aromatic heterocycles. The van der Waals surface area contributed by atoms with Gasteiger partial charge in [0.1, 0.15) is 6.34 Å². The van der Waals surface area contributed by atoms with Gasteiger partial charge in [0.05, 0.1) is 23.9 Å². The number of tetrazole rings is 1. The lowest BCUT2D eigenvalue weighted by Gasteiger charge is -1.92. The van der Waals surface area contributed by atoms with Gasteiger partial charge in [0.2, 0.25) is 0 Å². The predicted octanol–water partition coefficient (Wildman–Crippen LogP) is 0.212. The quantitative estimate of drug-likeness (QED) is 0.596. The minimum Gasteiger partial charge on any atom is -0.324 e. The van der Waals surface area contributed by atoms with Crippen molar-refractivity contribution in [3.8, 4) is 6.07 Å². The van der Waals surface area contributed by atoms with E-state index in [4.69, 9.17) is 11.0 Å². The molecule has 0 aliphatic carbocycles. The molecule has 84 valence electrons. The second kappa shape index (κ2) is 4.96. The molecule has 0 aliphatic heterocycles. The molecule has 17 heavy (non-hydrogen) atoms. The number of nitrogens with zero attached hydrogens (tertiary/aromatic N) is 6. The van der Waals surface area contributed by atoms with Crippen molar-refractivity contribution in [2.45, 2.75) is 6.54 Å². The zero-order chi connectivity index (χ0) is 12.1. The second-order valence-corrected chi connectivity index (χ2v) is 3.13. The van der Waals surface area contributed by atoms with E-state index in [0.717, 1.165) is 0 Å². The molecule has 1 aromatic carbocycles. The Bertz CT molecular complexity index is 561. The molecule has 0 amide bonds. The molecule has 2 rings (SSSR count). The Balaban J connectivity index is 2.11. The third kappa shape index (κ3) is 2.70. The fourth-order valence-corrected chi connectivity index (χ4v) is 1.13. The van der Waals surface area contributed by atoms with E-state index in [0.29, 0.717) is 17.1 Å². The topological polar surface area (TPSA) is 106 Å². The van der Waals surface area contributed by atoms with E-state index in [1.165, 1.54) is 11.1 Å². The first kappa shape index (κ1) is 10.9. The van der Waals surface area contributed by atoms with Crippen LogP contribution in [0.15, 0.2) is 29.3 Å². The monoisotopic (exact) mass is 227 g/mol. The van der Waals surface area contributed by atoms with Crippen LogP contribution in [0.25, 0.3) is 0 Å². The Kier molecular flexibility index (Phi) is 3.18. The maximum Gasteiger partial charge on any atom is 0.188 e. The largest absolute Gasteiger partial charge is 0.324 e. The predicted molar refractivity (Wildman–Crippen MR) is 60.4 cm³/mol. The van der Waals surface area contributed by atoms with Crippen LogP contribution >= 0.6 is 0 Å². The molecule has 7 heteroatoms. The normalized spacial score (nSPS) is 10.6. The number of rotatable bonds is 3. The number of aliphatic imine (C=N–C) groups is 1. The highest BCUT2D eigenvalue weighted by molar-refractivity contribution is 5.61. The molecule has 0 bridgehead atoms. The van der Waals surface area contributed by atoms with E-state index >= 15 is 0 Å². The Morgan fingerprint density at radius 2 is 2.18 bits per heavy atom. The third-order valence-electron chi connectivity index (χ3n) is 1.96. The number of aromatic nitrogens is 4. The lowest BCUT2D eigenvalue weighted by Crippen LogP contribution is -2.02. The molecule has 0 unspecified atom stereocenters. The highest BCUT2D eigenvalue weighted by atomic mass is 15.6. The average Bonchev–Trinajstić information content (AvgIpc) is 2.85. The van der Waals surface area contributed by atoms with Crippen LogP contribution in [-0.4, -0.2) is 26.5 Å². The van der Waals surface area contributed by atoms with Gasteiger partial charge < -0.3 is 5.73 Å². The summed E-state index contributed by atoms with van der Waals surface area (Å²) in [5.74, 6) is 0.455. The minimum atomic E-state index is 0.241. The van der Waals surface area contributed by atoms with Gasteiger partial charge in [-0.15, -0.1) is 15.0 Å². The van der Waals surface area contributed by atoms with Gasteiger partial charge in [-0.1, -0.05) is 0 Å². The van der Waals surface area contributed by atoms with E-state index in [1.54, 1.807) is 24.3 Å². The SMILES string of the molecule is N#Cc1ccc(N=Cn2nnc(CN)n2)cc1. The first-order valence-electron chi connectivity index (χ1n) is 4.84. The van der Waals surface area contributed by atoms with Gasteiger partial charge in [-0.3, -0.25) is 0 Å². The highest BCUT2D eigenvalue weighted by Crippen LogP contribution is 2.11. The molecule has 7 nitrogen and oxygen atoms in total. The number of hydrogen-bond donors (Lipinski definition) is 1. The molecule has 0 saturated carbocycles. The van der Waals surface area contributed by atoms with Crippen LogP contribution in [0, 0.1) is 11.3 Å². The van der Waals surface area contributed by atoms with Crippen LogP contribution < -0.4 is 5.73 Å². The van der Waals surface area contributed by atoms with Crippen molar-refractivity contribution in [2.24, 2.45) is 10.7 Å². The molecule has 0 spiro atoms. The molecular weight excluding hydrogens is 218 g/mol. The molecule has 0 aliphatic rings. The van der Waals surface area contributed by atoms with Gasteiger partial charge in [0, 0.05) is 0 Å². The Hall–Kier alpha value is -2.59. The van der Waals surface area contributed by atoms with E-state index in [2.05, 4.69) is 20.4 Å². The van der Waals surface area contributed by atoms with Crippen molar-refractivity contribution < 1.29 is 0 Å². The number of nitrogens with two attached hydrogens (primary N) is 1. The summed E-state index contributed by atoms with van der Waals surface area (Å²) in [6, 6.07) is 8.87. The molecule has 0 radical (unpaired) electrons. The highest BCUT2D eigenvalue weighted by Gasteiger charge is 1.96. The molecule has 2 N–H and O–H groups in total. The summed E-state index contributed by atoms with van der Waals surface area (Å²) in [4.78, 5) is 5.36. The Morgan fingerprint density at radius 1 is 1.41 bits per heavy atom. The lowest BCUT2D eigenvalue weighted by atomic mass is 10.2. The molecule has 1 heterocycles. The summed E-state index contributed by atoms with van der Waals surface area (Å²) >= 11 is 0. The van der Waals surface area contributed by atoms with Gasteiger partial charge >= 0.3 is 0 Å². The van der Waals surface area contributed by atoms with Crippen molar-refractivity contribution >= 4 is 12.0 Å². The van der Waals surface area contributed by atoms with Crippen LogP contribution in [0.2, 0.25) is 0 Å². The second-order valence-electron chi connectivity index (χ2n) is 3.13. The first-order valence-corrected chi connectivity index (χ1v) is 4.84. The average molecular weight is 227 g/mol. The Morgan fingerprint density at radius 3 is 2.76 bits per heavy atom. The van der Waals surface area contributed by atoms with Gasteiger partial charge in [-0.25, -0.2) is 4.99 Å². The summed E-state index contributed by atoms with van der Waals surface area (Å²) in [5.41, 5.74) is 6.64. The summed E-state index contributed by atoms with van der Waals surface area (Å²) < 4.78 is 0. The molecule has 0 fully saturated rings. The molecule has 0 saturated heterocycles. The van der Waals surface area contributed by atoms with Gasteiger partial charge in [-0.2, -0.15) is 5.26 Å². The van der Waals surface area contributed by atoms with Crippen LogP contribution in [-0.2, 0) is 6.54 Å². The first-order chi connectivity index (χ1) is 8.31. The smallest absolute Gasteiger partial charge is 0.188 e. The van der Waals surface area contributed by atoms with Crippen molar-refractivity contribution in [1.29, 1.82) is 5.26 Å². The zero-order valence-electron chi connectivity index (χ0n) is 8.85. The van der Waals surface area contributed by atoms with Crippen molar-refractivity contribution in [3.05, 3.63) is 35.7 Å². The fourth-order valence-electron chi connectivity index (χ4n) is 1.13. The van der Waals surface area contributed by atoms with E-state index < -0.39 is 0 Å². The van der Waals surface area contributed by atoms with E-state index in [9.17, 15) is 0 Å². The number of hydrogen-bond acceptors (Lipinski definition) is 6. The number of benzene rings is 1. The van der Waals surface area contributed by atoms with Gasteiger partial charge in [0.15, 0.2) is 5.82 Å². The summed E-state index contributed by atoms with van der Waals surface area (Å²) in [5, 5.41) is 20.0. The fraction of sp³-hybridized carbons (Fsp3) is 0.100. The van der Waals surface area contributed by atoms with Crippen LogP contribution in [0.3, 0.4) is 0 Å². The summed E-state index contributed by atoms with van der Waals surface area (Å²) in [6.45, 7) is 0.241. The van der Waals surface area contributed by atoms with Crippen LogP contribution in [0.4, 0.5) is 5.69 Å². The van der Waals surface area contributed by atoms with Crippen molar-refractivity contribution in [3.63, 3.8) is 0 Å². The number of nitriles is 1. The van der Waals surface area contributed by atoms with Crippen molar-refractivity contribution in [1.82, 2.24) is 20.2 Å². The lowest BCUT2D eigenvalue weighted by molar-refractivity contribution is 0.775. The van der Waals surface area contributed by atoms with E-state index in [-0.39, 0.29) is 6.54 Å². The summed E-state index contributed by atoms with van der Waals surface area (Å²) in [7, 11) is 0. The molecule has 2 aromatic rings. The third-order valence-corrected chi connectivity index (χ3v) is 1.96. The van der Waals surface area contributed by atoms with Gasteiger partial charge in [0.25, 0.3) is 0 Å². The standard InChI is InChI=1S/C10H9N7/c11-5-8-1-3-9(4-2-8)13-7-17-15-10(6-12)14-16-17/h1-4,7H,6,12H2. The maximum atomic E-state index is 8.63.